The van der Waals surface area contributed by atoms with Gasteiger partial charge in [-0.05, 0) is 42.5 Å². The lowest BCUT2D eigenvalue weighted by molar-refractivity contribution is -0.114. The zero-order valence-electron chi connectivity index (χ0n) is 14.1. The van der Waals surface area contributed by atoms with E-state index in [1.807, 2.05) is 0 Å². The van der Waals surface area contributed by atoms with E-state index in [0.29, 0.717) is 5.69 Å². The van der Waals surface area contributed by atoms with Gasteiger partial charge in [0, 0.05) is 12.6 Å². The maximum absolute atomic E-state index is 12.5. The molecule has 140 valence electrons. The fraction of sp³-hybridized carbons (Fsp3) is 0.188. The van der Waals surface area contributed by atoms with Crippen LogP contribution in [0.3, 0.4) is 0 Å². The van der Waals surface area contributed by atoms with Gasteiger partial charge in [-0.25, -0.2) is 16.8 Å². The topological polar surface area (TPSA) is 130 Å². The van der Waals surface area contributed by atoms with Crippen LogP contribution in [0.15, 0.2) is 52.3 Å². The molecule has 0 bridgehead atoms. The number of carbonyl (C=O) groups is 1. The molecule has 26 heavy (non-hydrogen) atoms. The molecule has 0 spiro atoms. The maximum Gasteiger partial charge on any atom is 0.262 e. The molecule has 2 aromatic carbocycles. The summed E-state index contributed by atoms with van der Waals surface area (Å²) in [5, 5.41) is 12.4. The van der Waals surface area contributed by atoms with E-state index in [9.17, 15) is 26.7 Å². The first-order valence-electron chi connectivity index (χ1n) is 7.51. The van der Waals surface area contributed by atoms with Gasteiger partial charge in [0.25, 0.3) is 10.0 Å². The van der Waals surface area contributed by atoms with Crippen molar-refractivity contribution in [3.8, 4) is 5.75 Å². The quantitative estimate of drug-likeness (QED) is 0.638. The van der Waals surface area contributed by atoms with E-state index in [2.05, 4.69) is 10.0 Å². The van der Waals surface area contributed by atoms with Crippen molar-refractivity contribution in [3.63, 3.8) is 0 Å². The second kappa shape index (κ2) is 7.34. The van der Waals surface area contributed by atoms with Gasteiger partial charge in [0.15, 0.2) is 9.84 Å². The average Bonchev–Trinajstić information content (AvgIpc) is 2.56. The first-order valence-corrected chi connectivity index (χ1v) is 10.6. The summed E-state index contributed by atoms with van der Waals surface area (Å²) >= 11 is 0. The second-order valence-electron chi connectivity index (χ2n) is 5.39. The fourth-order valence-corrected chi connectivity index (χ4v) is 4.05. The monoisotopic (exact) mass is 398 g/mol. The second-order valence-corrected chi connectivity index (χ2v) is 9.35. The maximum atomic E-state index is 12.5. The van der Waals surface area contributed by atoms with Gasteiger partial charge in [0.05, 0.1) is 21.2 Å². The standard InChI is InChI=1S/C16H18N2O6S2/c1-3-25(21,22)14-8-9-16(20)15(10-14)18-26(23,24)13-6-4-12(5-7-13)17-11(2)19/h4-10,18,20H,3H2,1-2H3,(H,17,19). The summed E-state index contributed by atoms with van der Waals surface area (Å²) in [6, 6.07) is 8.75. The summed E-state index contributed by atoms with van der Waals surface area (Å²) in [5.41, 5.74) is 0.181. The van der Waals surface area contributed by atoms with Gasteiger partial charge >= 0.3 is 0 Å². The smallest absolute Gasteiger partial charge is 0.262 e. The number of rotatable bonds is 6. The fourth-order valence-electron chi connectivity index (χ4n) is 2.08. The highest BCUT2D eigenvalue weighted by Gasteiger charge is 2.19. The molecule has 0 unspecified atom stereocenters. The van der Waals surface area contributed by atoms with Crippen molar-refractivity contribution < 1.29 is 26.7 Å². The third kappa shape index (κ3) is 4.52. The van der Waals surface area contributed by atoms with Crippen molar-refractivity contribution >= 4 is 37.1 Å². The minimum Gasteiger partial charge on any atom is -0.506 e. The molecule has 0 aliphatic carbocycles. The average molecular weight is 398 g/mol. The number of phenolic OH excluding ortho intramolecular Hbond substituents is 1. The molecule has 3 N–H and O–H groups in total. The Morgan fingerprint density at radius 1 is 1.00 bits per heavy atom. The molecule has 0 radical (unpaired) electrons. The van der Waals surface area contributed by atoms with E-state index in [-0.39, 0.29) is 27.1 Å². The van der Waals surface area contributed by atoms with E-state index < -0.39 is 25.6 Å². The summed E-state index contributed by atoms with van der Waals surface area (Å²) in [5.74, 6) is -0.856. The summed E-state index contributed by atoms with van der Waals surface area (Å²) in [6.07, 6.45) is 0. The Balaban J connectivity index is 2.34. The third-order valence-corrected chi connectivity index (χ3v) is 6.55. The van der Waals surface area contributed by atoms with Crippen LogP contribution in [-0.4, -0.2) is 33.6 Å². The van der Waals surface area contributed by atoms with Gasteiger partial charge in [-0.2, -0.15) is 0 Å². The van der Waals surface area contributed by atoms with E-state index in [4.69, 9.17) is 0 Å². The van der Waals surface area contributed by atoms with Gasteiger partial charge in [0.1, 0.15) is 5.75 Å². The third-order valence-electron chi connectivity index (χ3n) is 3.44. The van der Waals surface area contributed by atoms with Crippen LogP contribution in [-0.2, 0) is 24.7 Å². The molecular formula is C16H18N2O6S2. The van der Waals surface area contributed by atoms with Crippen LogP contribution >= 0.6 is 0 Å². The number of hydrogen-bond acceptors (Lipinski definition) is 6. The molecular weight excluding hydrogens is 380 g/mol. The number of benzene rings is 2. The van der Waals surface area contributed by atoms with Crippen LogP contribution in [0.4, 0.5) is 11.4 Å². The number of aromatic hydroxyl groups is 1. The van der Waals surface area contributed by atoms with Crippen LogP contribution in [0, 0.1) is 0 Å². The number of sulfone groups is 1. The van der Waals surface area contributed by atoms with Gasteiger partial charge < -0.3 is 10.4 Å². The molecule has 0 saturated carbocycles. The zero-order chi connectivity index (χ0) is 19.5. The van der Waals surface area contributed by atoms with Crippen LogP contribution in [0.5, 0.6) is 5.75 Å². The molecule has 10 heteroatoms. The lowest BCUT2D eigenvalue weighted by atomic mass is 10.3. The Morgan fingerprint density at radius 3 is 2.12 bits per heavy atom. The van der Waals surface area contributed by atoms with Crippen LogP contribution in [0.2, 0.25) is 0 Å². The minimum atomic E-state index is -4.07. The first-order chi connectivity index (χ1) is 12.0. The highest BCUT2D eigenvalue weighted by Crippen LogP contribution is 2.29. The molecule has 0 atom stereocenters. The number of phenols is 1. The van der Waals surface area contributed by atoms with Crippen molar-refractivity contribution in [1.29, 1.82) is 0 Å². The normalized spacial score (nSPS) is 11.8. The molecule has 0 aromatic heterocycles. The van der Waals surface area contributed by atoms with Crippen LogP contribution in [0.25, 0.3) is 0 Å². The molecule has 0 saturated heterocycles. The first kappa shape index (κ1) is 19.7. The molecule has 2 rings (SSSR count). The van der Waals surface area contributed by atoms with Crippen LogP contribution in [0.1, 0.15) is 13.8 Å². The van der Waals surface area contributed by atoms with Gasteiger partial charge in [-0.15, -0.1) is 0 Å². The Kier molecular flexibility index (Phi) is 5.57. The summed E-state index contributed by atoms with van der Waals surface area (Å²) in [6.45, 7) is 2.79. The highest BCUT2D eigenvalue weighted by atomic mass is 32.2. The number of sulfonamides is 1. The number of carbonyl (C=O) groups excluding carboxylic acids is 1. The van der Waals surface area contributed by atoms with Gasteiger partial charge in [0.2, 0.25) is 5.91 Å². The number of hydrogen-bond donors (Lipinski definition) is 3. The van der Waals surface area contributed by atoms with Crippen molar-refractivity contribution in [3.05, 3.63) is 42.5 Å². The van der Waals surface area contributed by atoms with Crippen molar-refractivity contribution in [2.75, 3.05) is 15.8 Å². The largest absolute Gasteiger partial charge is 0.506 e. The molecule has 2 aromatic rings. The SMILES string of the molecule is CCS(=O)(=O)c1ccc(O)c(NS(=O)(=O)c2ccc(NC(C)=O)cc2)c1. The molecule has 1 amide bonds. The highest BCUT2D eigenvalue weighted by molar-refractivity contribution is 7.92. The predicted octanol–water partition coefficient (Wildman–Crippen LogP) is 1.94. The lowest BCUT2D eigenvalue weighted by Crippen LogP contribution is -2.14. The number of anilines is 2. The summed E-state index contributed by atoms with van der Waals surface area (Å²) < 4.78 is 51.0. The zero-order valence-corrected chi connectivity index (χ0v) is 15.7. The molecule has 0 fully saturated rings. The van der Waals surface area contributed by atoms with Crippen molar-refractivity contribution in [1.82, 2.24) is 0 Å². The van der Waals surface area contributed by atoms with Gasteiger partial charge in [-0.3, -0.25) is 9.52 Å². The van der Waals surface area contributed by atoms with E-state index in [1.165, 1.54) is 44.2 Å². The van der Waals surface area contributed by atoms with E-state index >= 15 is 0 Å². The van der Waals surface area contributed by atoms with Crippen molar-refractivity contribution in [2.45, 2.75) is 23.6 Å². The molecule has 0 heterocycles. The van der Waals surface area contributed by atoms with E-state index in [1.54, 1.807) is 0 Å². The Labute approximate surface area is 151 Å². The number of amides is 1. The van der Waals surface area contributed by atoms with E-state index in [0.717, 1.165) is 12.1 Å². The molecule has 8 nitrogen and oxygen atoms in total. The lowest BCUT2D eigenvalue weighted by Gasteiger charge is -2.12. The Hall–Kier alpha value is -2.59. The number of nitrogens with one attached hydrogen (secondary N) is 2. The summed E-state index contributed by atoms with van der Waals surface area (Å²) in [7, 11) is -7.63. The predicted molar refractivity (Wildman–Crippen MR) is 97.4 cm³/mol. The molecule has 0 aliphatic rings. The minimum absolute atomic E-state index is 0.100. The Morgan fingerprint density at radius 2 is 1.58 bits per heavy atom. The molecule has 0 aliphatic heterocycles. The van der Waals surface area contributed by atoms with Gasteiger partial charge in [-0.1, -0.05) is 6.92 Å². The van der Waals surface area contributed by atoms with Crippen molar-refractivity contribution in [2.24, 2.45) is 0 Å². The summed E-state index contributed by atoms with van der Waals surface area (Å²) in [4.78, 5) is 10.8. The van der Waals surface area contributed by atoms with Crippen LogP contribution < -0.4 is 10.0 Å². The Bertz CT molecular complexity index is 1030.